The molecule has 27 heavy (non-hydrogen) atoms. The molecule has 0 atom stereocenters. The summed E-state index contributed by atoms with van der Waals surface area (Å²) < 4.78 is 2.70. The number of benzene rings is 1. The van der Waals surface area contributed by atoms with Crippen LogP contribution in [0, 0.1) is 0 Å². The second-order valence-electron chi connectivity index (χ2n) is 6.05. The molecule has 1 aliphatic rings. The summed E-state index contributed by atoms with van der Waals surface area (Å²) in [5.74, 6) is -0.510. The molecule has 0 unspecified atom stereocenters. The normalized spacial score (nSPS) is 13.2. The highest BCUT2D eigenvalue weighted by molar-refractivity contribution is 6.32. The van der Waals surface area contributed by atoms with Crippen LogP contribution in [0.3, 0.4) is 0 Å². The average molecular weight is 386 g/mol. The number of carbonyl (C=O) groups is 1. The number of rotatable bonds is 3. The summed E-state index contributed by atoms with van der Waals surface area (Å²) in [6, 6.07) is 9.76. The predicted molar refractivity (Wildman–Crippen MR) is 101 cm³/mol. The third-order valence-corrected chi connectivity index (χ3v) is 4.67. The van der Waals surface area contributed by atoms with E-state index in [4.69, 9.17) is 11.6 Å². The molecule has 9 heteroatoms. The lowest BCUT2D eigenvalue weighted by molar-refractivity contribution is 0.102. The maximum Gasteiger partial charge on any atom is 0.336 e. The van der Waals surface area contributed by atoms with Crippen molar-refractivity contribution in [3.63, 3.8) is 0 Å². The monoisotopic (exact) mass is 385 g/mol. The molecule has 2 aromatic heterocycles. The van der Waals surface area contributed by atoms with Crippen LogP contribution in [0.5, 0.6) is 5.88 Å². The van der Waals surface area contributed by atoms with Crippen molar-refractivity contribution < 1.29 is 9.90 Å². The van der Waals surface area contributed by atoms with Crippen molar-refractivity contribution in [1.29, 1.82) is 0 Å². The van der Waals surface area contributed by atoms with Crippen molar-refractivity contribution >= 4 is 23.2 Å². The number of anilines is 1. The number of hydrogen-bond donors (Lipinski definition) is 3. The van der Waals surface area contributed by atoms with Gasteiger partial charge in [-0.3, -0.25) is 14.3 Å². The number of halogens is 1. The van der Waals surface area contributed by atoms with Gasteiger partial charge in [-0.2, -0.15) is 0 Å². The van der Waals surface area contributed by atoms with Gasteiger partial charge in [-0.25, -0.2) is 9.36 Å². The second kappa shape index (κ2) is 6.90. The van der Waals surface area contributed by atoms with Gasteiger partial charge in [-0.1, -0.05) is 17.7 Å². The zero-order valence-electron chi connectivity index (χ0n) is 14.1. The minimum atomic E-state index is -0.371. The zero-order valence-corrected chi connectivity index (χ0v) is 14.9. The van der Waals surface area contributed by atoms with E-state index in [0.29, 0.717) is 36.7 Å². The molecule has 3 N–H and O–H groups in total. The van der Waals surface area contributed by atoms with Gasteiger partial charge in [-0.15, -0.1) is 0 Å². The fourth-order valence-electron chi connectivity index (χ4n) is 3.05. The van der Waals surface area contributed by atoms with Crippen molar-refractivity contribution in [3.8, 4) is 11.6 Å². The fraction of sp³-hybridized carbons (Fsp3) is 0.167. The molecule has 8 nitrogen and oxygen atoms in total. The van der Waals surface area contributed by atoms with Gasteiger partial charge in [0.25, 0.3) is 5.91 Å². The summed E-state index contributed by atoms with van der Waals surface area (Å²) in [4.78, 5) is 28.8. The minimum absolute atomic E-state index is 0.139. The summed E-state index contributed by atoms with van der Waals surface area (Å²) >= 11 is 6.34. The quantitative estimate of drug-likeness (QED) is 0.637. The van der Waals surface area contributed by atoms with Gasteiger partial charge in [0.15, 0.2) is 0 Å². The highest BCUT2D eigenvalue weighted by atomic mass is 35.5. The van der Waals surface area contributed by atoms with Crippen LogP contribution in [0.1, 0.15) is 16.2 Å². The molecule has 1 amide bonds. The molecule has 0 fully saturated rings. The van der Waals surface area contributed by atoms with Crippen molar-refractivity contribution in [2.75, 3.05) is 11.9 Å². The molecule has 0 bridgehead atoms. The Morgan fingerprint density at radius 3 is 2.85 bits per heavy atom. The van der Waals surface area contributed by atoms with E-state index in [2.05, 4.69) is 15.6 Å². The largest absolute Gasteiger partial charge is 0.493 e. The Hall–Kier alpha value is -3.10. The van der Waals surface area contributed by atoms with E-state index in [-0.39, 0.29) is 28.2 Å². The SMILES string of the molecule is O=C(Nc1ccc(-n2c(O)c3n(c2=O)CCNC3)c(Cl)c1)c1ccccn1. The number of fused-ring (bicyclic) bond motifs is 1. The second-order valence-corrected chi connectivity index (χ2v) is 6.46. The van der Waals surface area contributed by atoms with Gasteiger partial charge in [0.05, 0.1) is 16.4 Å². The molecule has 3 heterocycles. The van der Waals surface area contributed by atoms with Gasteiger partial charge < -0.3 is 15.7 Å². The first kappa shape index (κ1) is 17.3. The predicted octanol–water partition coefficient (Wildman–Crippen LogP) is 1.75. The first-order valence-corrected chi connectivity index (χ1v) is 8.70. The van der Waals surface area contributed by atoms with Crippen molar-refractivity contribution in [2.24, 2.45) is 0 Å². The molecule has 4 rings (SSSR count). The number of aromatic hydroxyl groups is 1. The van der Waals surface area contributed by atoms with Crippen LogP contribution in [0.2, 0.25) is 5.02 Å². The number of hydrogen-bond acceptors (Lipinski definition) is 5. The van der Waals surface area contributed by atoms with Crippen molar-refractivity contribution in [1.82, 2.24) is 19.4 Å². The number of aromatic nitrogens is 3. The fourth-order valence-corrected chi connectivity index (χ4v) is 3.32. The van der Waals surface area contributed by atoms with Gasteiger partial charge in [-0.05, 0) is 30.3 Å². The Balaban J connectivity index is 1.66. The summed E-state index contributed by atoms with van der Waals surface area (Å²) in [7, 11) is 0. The Morgan fingerprint density at radius 1 is 1.30 bits per heavy atom. The Bertz CT molecular complexity index is 1070. The number of nitrogens with one attached hydrogen (secondary N) is 2. The van der Waals surface area contributed by atoms with E-state index in [1.165, 1.54) is 21.4 Å². The Morgan fingerprint density at radius 2 is 2.15 bits per heavy atom. The summed E-state index contributed by atoms with van der Waals surface area (Å²) in [5.41, 5.74) is 1.25. The number of carbonyl (C=O) groups excluding carboxylic acids is 1. The first-order chi connectivity index (χ1) is 13.1. The molecule has 1 aromatic carbocycles. The van der Waals surface area contributed by atoms with E-state index in [0.717, 1.165) is 0 Å². The molecule has 1 aliphatic heterocycles. The van der Waals surface area contributed by atoms with Crippen LogP contribution < -0.4 is 16.3 Å². The van der Waals surface area contributed by atoms with Crippen LogP contribution in [0.15, 0.2) is 47.4 Å². The molecule has 0 saturated carbocycles. The summed E-state index contributed by atoms with van der Waals surface area (Å²) in [6.07, 6.45) is 1.53. The maximum atomic E-state index is 12.6. The zero-order chi connectivity index (χ0) is 19.0. The standard InChI is InChI=1S/C18H16ClN5O3/c19-12-9-11(22-16(25)13-3-1-2-6-21-13)4-5-14(12)24-17(26)15-10-20-7-8-23(15)18(24)27/h1-6,9,20,26H,7-8,10H2,(H,22,25). The van der Waals surface area contributed by atoms with Gasteiger partial charge >= 0.3 is 5.69 Å². The molecule has 0 aliphatic carbocycles. The Kier molecular flexibility index (Phi) is 4.43. The highest BCUT2D eigenvalue weighted by Crippen LogP contribution is 2.29. The van der Waals surface area contributed by atoms with Crippen molar-refractivity contribution in [2.45, 2.75) is 13.1 Å². The number of amides is 1. The lowest BCUT2D eigenvalue weighted by atomic mass is 10.2. The van der Waals surface area contributed by atoms with Crippen LogP contribution in [-0.4, -0.2) is 31.7 Å². The Labute approximate surface area is 159 Å². The highest BCUT2D eigenvalue weighted by Gasteiger charge is 2.23. The molecular formula is C18H16ClN5O3. The summed E-state index contributed by atoms with van der Waals surface area (Å²) in [5, 5.41) is 16.5. The molecule has 3 aromatic rings. The number of nitrogens with zero attached hydrogens (tertiary/aromatic N) is 3. The first-order valence-electron chi connectivity index (χ1n) is 8.32. The van der Waals surface area contributed by atoms with Crippen LogP contribution in [-0.2, 0) is 13.1 Å². The minimum Gasteiger partial charge on any atom is -0.493 e. The molecule has 138 valence electrons. The van der Waals surface area contributed by atoms with E-state index in [1.54, 1.807) is 30.3 Å². The van der Waals surface area contributed by atoms with E-state index in [1.807, 2.05) is 0 Å². The lowest BCUT2D eigenvalue weighted by Gasteiger charge is -2.13. The van der Waals surface area contributed by atoms with E-state index < -0.39 is 0 Å². The topological polar surface area (TPSA) is 101 Å². The number of pyridine rings is 1. The van der Waals surface area contributed by atoms with Crippen LogP contribution in [0.4, 0.5) is 5.69 Å². The molecule has 0 saturated heterocycles. The van der Waals surface area contributed by atoms with Gasteiger partial charge in [0, 0.05) is 31.5 Å². The van der Waals surface area contributed by atoms with Gasteiger partial charge in [0.2, 0.25) is 5.88 Å². The molecular weight excluding hydrogens is 370 g/mol. The van der Waals surface area contributed by atoms with Crippen molar-refractivity contribution in [3.05, 3.63) is 69.5 Å². The van der Waals surface area contributed by atoms with Gasteiger partial charge in [0.1, 0.15) is 5.69 Å². The molecule has 0 spiro atoms. The average Bonchev–Trinajstić information content (AvgIpc) is 2.94. The third kappa shape index (κ3) is 3.09. The number of imidazole rings is 1. The maximum absolute atomic E-state index is 12.6. The third-order valence-electron chi connectivity index (χ3n) is 4.37. The van der Waals surface area contributed by atoms with Crippen LogP contribution in [0.25, 0.3) is 5.69 Å². The van der Waals surface area contributed by atoms with E-state index in [9.17, 15) is 14.7 Å². The summed E-state index contributed by atoms with van der Waals surface area (Å²) in [6.45, 7) is 1.54. The lowest BCUT2D eigenvalue weighted by Crippen LogP contribution is -2.34. The molecule has 0 radical (unpaired) electrons. The van der Waals surface area contributed by atoms with Crippen LogP contribution >= 0.6 is 11.6 Å². The van der Waals surface area contributed by atoms with E-state index >= 15 is 0 Å². The smallest absolute Gasteiger partial charge is 0.336 e.